The normalized spacial score (nSPS) is 20.2. The van der Waals surface area contributed by atoms with E-state index in [0.29, 0.717) is 21.3 Å². The van der Waals surface area contributed by atoms with Gasteiger partial charge >= 0.3 is 0 Å². The Morgan fingerprint density at radius 2 is 1.63 bits per heavy atom. The second kappa shape index (κ2) is 10.2. The lowest BCUT2D eigenvalue weighted by Crippen LogP contribution is -2.24. The summed E-state index contributed by atoms with van der Waals surface area (Å²) >= 11 is 31.6. The number of amides is 1. The van der Waals surface area contributed by atoms with E-state index in [1.165, 1.54) is 12.1 Å². The van der Waals surface area contributed by atoms with Gasteiger partial charge in [-0.05, 0) is 59.7 Å². The predicted molar refractivity (Wildman–Crippen MR) is 140 cm³/mol. The van der Waals surface area contributed by atoms with E-state index in [2.05, 4.69) is 10.6 Å². The van der Waals surface area contributed by atoms with Gasteiger partial charge in [0.05, 0.1) is 16.0 Å². The smallest absolute Gasteiger partial charge is 0.253 e. The van der Waals surface area contributed by atoms with E-state index in [4.69, 9.17) is 58.0 Å². The second-order valence-corrected chi connectivity index (χ2v) is 10.9. The van der Waals surface area contributed by atoms with E-state index >= 15 is 0 Å². The van der Waals surface area contributed by atoms with Gasteiger partial charge in [-0.2, -0.15) is 0 Å². The van der Waals surface area contributed by atoms with E-state index in [1.807, 2.05) is 0 Å². The third kappa shape index (κ3) is 5.25. The summed E-state index contributed by atoms with van der Waals surface area (Å²) in [5.74, 6) is -1.30. The van der Waals surface area contributed by atoms with Crippen LogP contribution in [0.4, 0.5) is 10.1 Å². The van der Waals surface area contributed by atoms with E-state index in [0.717, 1.165) is 11.8 Å². The summed E-state index contributed by atoms with van der Waals surface area (Å²) in [6.07, 6.45) is 0.728. The van der Waals surface area contributed by atoms with Gasteiger partial charge in [-0.25, -0.2) is 4.39 Å². The predicted octanol–water partition coefficient (Wildman–Crippen LogP) is 7.28. The van der Waals surface area contributed by atoms with Crippen LogP contribution in [0.25, 0.3) is 0 Å². The molecule has 0 aliphatic heterocycles. The molecule has 1 aliphatic carbocycles. The Hall–Kier alpha value is -2.02. The molecule has 0 bridgehead atoms. The Morgan fingerprint density at radius 1 is 0.971 bits per heavy atom. The molecule has 4 nitrogen and oxygen atoms in total. The third-order valence-electron chi connectivity index (χ3n) is 6.01. The van der Waals surface area contributed by atoms with Gasteiger partial charge in [-0.15, -0.1) is 0 Å². The zero-order valence-corrected chi connectivity index (χ0v) is 21.7. The minimum atomic E-state index is -1.38. The van der Waals surface area contributed by atoms with E-state index in [-0.39, 0.29) is 29.5 Å². The van der Waals surface area contributed by atoms with Crippen molar-refractivity contribution in [2.24, 2.45) is 5.41 Å². The second-order valence-electron chi connectivity index (χ2n) is 8.27. The number of alkyl halides is 2. The number of halogens is 6. The molecule has 0 spiro atoms. The standard InChI is InChI=1S/C25H18Cl5FN2O2/c26-16-7-15(8-17(27)9-16)22-24(13-34,25(22,29)30)12-33-19-5-6-21(28)20(10-19)23(35)32-11-14-1-3-18(31)4-2-14/h1-10,13,22,33H,11-12H2,(H,32,35). The fourth-order valence-corrected chi connectivity index (χ4v) is 5.79. The SMILES string of the molecule is O=CC1(CNc2ccc(Cl)c(C(=O)NCc3ccc(F)cc3)c2)C(c2cc(Cl)cc(Cl)c2)C1(Cl)Cl. The summed E-state index contributed by atoms with van der Waals surface area (Å²) in [6, 6.07) is 15.5. The zero-order chi connectivity index (χ0) is 25.4. The number of benzene rings is 3. The fourth-order valence-electron chi connectivity index (χ4n) is 4.07. The van der Waals surface area contributed by atoms with Crippen LogP contribution < -0.4 is 10.6 Å². The molecule has 35 heavy (non-hydrogen) atoms. The maximum absolute atomic E-state index is 13.1. The van der Waals surface area contributed by atoms with Crippen molar-refractivity contribution in [1.29, 1.82) is 0 Å². The molecule has 2 N–H and O–H groups in total. The van der Waals surface area contributed by atoms with Gasteiger partial charge in [0.1, 0.15) is 16.4 Å². The molecule has 4 rings (SSSR count). The molecule has 0 saturated heterocycles. The zero-order valence-electron chi connectivity index (χ0n) is 17.9. The first-order valence-electron chi connectivity index (χ1n) is 10.4. The molecular weight excluding hydrogens is 557 g/mol. The fraction of sp³-hybridized carbons (Fsp3) is 0.200. The first-order valence-corrected chi connectivity index (χ1v) is 12.3. The number of nitrogens with one attached hydrogen (secondary N) is 2. The molecule has 2 unspecified atom stereocenters. The highest BCUT2D eigenvalue weighted by molar-refractivity contribution is 6.54. The van der Waals surface area contributed by atoms with Crippen LogP contribution in [-0.4, -0.2) is 23.1 Å². The molecule has 0 aromatic heterocycles. The lowest BCUT2D eigenvalue weighted by atomic mass is 10.00. The lowest BCUT2D eigenvalue weighted by molar-refractivity contribution is -0.112. The van der Waals surface area contributed by atoms with Gasteiger partial charge < -0.3 is 15.4 Å². The Labute approximate surface area is 226 Å². The van der Waals surface area contributed by atoms with Crippen LogP contribution in [-0.2, 0) is 11.3 Å². The molecule has 0 heterocycles. The van der Waals surface area contributed by atoms with Crippen molar-refractivity contribution in [3.8, 4) is 0 Å². The average Bonchev–Trinajstić information content (AvgIpc) is 3.31. The summed E-state index contributed by atoms with van der Waals surface area (Å²) in [4.78, 5) is 24.9. The Balaban J connectivity index is 1.48. The number of carbonyl (C=O) groups is 2. The van der Waals surface area contributed by atoms with Gasteiger partial charge in [-0.3, -0.25) is 4.79 Å². The van der Waals surface area contributed by atoms with Gasteiger partial charge in [0.2, 0.25) is 0 Å². The minimum absolute atomic E-state index is 0.0938. The van der Waals surface area contributed by atoms with Gasteiger partial charge in [-0.1, -0.05) is 70.1 Å². The topological polar surface area (TPSA) is 58.2 Å². The van der Waals surface area contributed by atoms with Crippen LogP contribution in [0.1, 0.15) is 27.4 Å². The molecule has 10 heteroatoms. The van der Waals surface area contributed by atoms with Crippen molar-refractivity contribution < 1.29 is 14.0 Å². The first kappa shape index (κ1) is 26.1. The van der Waals surface area contributed by atoms with E-state index in [9.17, 15) is 14.0 Å². The largest absolute Gasteiger partial charge is 0.384 e. The van der Waals surface area contributed by atoms with Gasteiger partial charge in [0, 0.05) is 34.7 Å². The maximum Gasteiger partial charge on any atom is 0.253 e. The number of rotatable bonds is 8. The summed E-state index contributed by atoms with van der Waals surface area (Å²) < 4.78 is 11.7. The monoisotopic (exact) mass is 572 g/mol. The summed E-state index contributed by atoms with van der Waals surface area (Å²) in [6.45, 7) is 0.294. The van der Waals surface area contributed by atoms with Crippen LogP contribution in [0.3, 0.4) is 0 Å². The van der Waals surface area contributed by atoms with Gasteiger partial charge in [0.15, 0.2) is 0 Å². The maximum atomic E-state index is 13.1. The molecule has 1 amide bonds. The molecule has 1 saturated carbocycles. The molecule has 3 aromatic carbocycles. The summed E-state index contributed by atoms with van der Waals surface area (Å²) in [7, 11) is 0. The number of hydrogen-bond acceptors (Lipinski definition) is 3. The third-order valence-corrected chi connectivity index (χ3v) is 7.91. The minimum Gasteiger partial charge on any atom is -0.384 e. The van der Waals surface area contributed by atoms with Crippen LogP contribution in [0.15, 0.2) is 60.7 Å². The highest BCUT2D eigenvalue weighted by Gasteiger charge is 2.76. The summed E-state index contributed by atoms with van der Waals surface area (Å²) in [5.41, 5.74) is 1.02. The van der Waals surface area contributed by atoms with Crippen molar-refractivity contribution in [3.05, 3.63) is 98.2 Å². The first-order chi connectivity index (χ1) is 16.6. The Morgan fingerprint density at radius 3 is 2.26 bits per heavy atom. The van der Waals surface area contributed by atoms with E-state index in [1.54, 1.807) is 48.5 Å². The molecule has 1 fully saturated rings. The molecule has 0 radical (unpaired) electrons. The van der Waals surface area contributed by atoms with Crippen LogP contribution >= 0.6 is 58.0 Å². The van der Waals surface area contributed by atoms with Crippen LogP contribution in [0.5, 0.6) is 0 Å². The van der Waals surface area contributed by atoms with Crippen molar-refractivity contribution in [2.75, 3.05) is 11.9 Å². The molecule has 1 aliphatic rings. The van der Waals surface area contributed by atoms with Crippen molar-refractivity contribution in [1.82, 2.24) is 5.32 Å². The Kier molecular flexibility index (Phi) is 7.56. The van der Waals surface area contributed by atoms with Crippen molar-refractivity contribution in [2.45, 2.75) is 16.8 Å². The number of anilines is 1. The van der Waals surface area contributed by atoms with Gasteiger partial charge in [0.25, 0.3) is 5.91 Å². The van der Waals surface area contributed by atoms with Crippen molar-refractivity contribution in [3.63, 3.8) is 0 Å². The highest BCUT2D eigenvalue weighted by atomic mass is 35.5. The molecule has 2 atom stereocenters. The van der Waals surface area contributed by atoms with Crippen LogP contribution in [0.2, 0.25) is 15.1 Å². The number of hydrogen-bond donors (Lipinski definition) is 2. The molecular formula is C25H18Cl5FN2O2. The highest BCUT2D eigenvalue weighted by Crippen LogP contribution is 2.73. The van der Waals surface area contributed by atoms with Crippen LogP contribution in [0, 0.1) is 11.2 Å². The Bertz CT molecular complexity index is 1270. The molecule has 182 valence electrons. The quantitative estimate of drug-likeness (QED) is 0.220. The lowest BCUT2D eigenvalue weighted by Gasteiger charge is -2.15. The number of carbonyl (C=O) groups excluding carboxylic acids is 2. The molecule has 3 aromatic rings. The summed E-state index contributed by atoms with van der Waals surface area (Å²) in [5, 5.41) is 6.96. The number of aldehydes is 1. The van der Waals surface area contributed by atoms with E-state index < -0.39 is 21.6 Å². The average molecular weight is 575 g/mol. The van der Waals surface area contributed by atoms with Crippen molar-refractivity contribution >= 4 is 75.9 Å².